The van der Waals surface area contributed by atoms with Gasteiger partial charge in [-0.1, -0.05) is 18.6 Å². The molecule has 0 unspecified atom stereocenters. The Kier molecular flexibility index (Phi) is 6.08. The molecular weight excluding hydrogens is 432 g/mol. The van der Waals surface area contributed by atoms with E-state index >= 15 is 0 Å². The molecule has 2 fully saturated rings. The molecule has 0 saturated carbocycles. The summed E-state index contributed by atoms with van der Waals surface area (Å²) in [6.07, 6.45) is 5.31. The average Bonchev–Trinajstić information content (AvgIpc) is 3.17. The summed E-state index contributed by atoms with van der Waals surface area (Å²) in [5.41, 5.74) is 1.72. The predicted molar refractivity (Wildman–Crippen MR) is 131 cm³/mol. The molecule has 2 saturated heterocycles. The summed E-state index contributed by atoms with van der Waals surface area (Å²) in [5.74, 6) is 1.36. The molecule has 2 bridgehead atoms. The van der Waals surface area contributed by atoms with Crippen LogP contribution in [0.3, 0.4) is 0 Å². The zero-order valence-electron chi connectivity index (χ0n) is 20.0. The molecule has 2 aromatic carbocycles. The molecule has 1 aromatic heterocycles. The molecule has 3 heterocycles. The van der Waals surface area contributed by atoms with Gasteiger partial charge in [0.25, 0.3) is 0 Å². The lowest BCUT2D eigenvalue weighted by Gasteiger charge is -2.49. The molecule has 0 aliphatic carbocycles. The van der Waals surface area contributed by atoms with Gasteiger partial charge in [-0.05, 0) is 57.0 Å². The van der Waals surface area contributed by atoms with Crippen molar-refractivity contribution in [2.75, 3.05) is 21.3 Å². The maximum atomic E-state index is 14.1. The van der Waals surface area contributed by atoms with Crippen LogP contribution in [0, 0.1) is 0 Å². The highest BCUT2D eigenvalue weighted by Crippen LogP contribution is 2.36. The molecule has 1 N–H and O–H groups in total. The number of para-hydroxylation sites is 2. The van der Waals surface area contributed by atoms with Crippen molar-refractivity contribution >= 4 is 17.1 Å². The second kappa shape index (κ2) is 9.18. The summed E-state index contributed by atoms with van der Waals surface area (Å²) in [6.45, 7) is 0.353. The third kappa shape index (κ3) is 3.96. The number of imidazole rings is 1. The highest BCUT2D eigenvalue weighted by Gasteiger charge is 2.40. The van der Waals surface area contributed by atoms with Crippen LogP contribution in [-0.4, -0.2) is 64.8 Å². The van der Waals surface area contributed by atoms with E-state index in [1.807, 2.05) is 41.3 Å². The van der Waals surface area contributed by atoms with Crippen LogP contribution in [-0.2, 0) is 6.54 Å². The Morgan fingerprint density at radius 2 is 1.82 bits per heavy atom. The van der Waals surface area contributed by atoms with Crippen LogP contribution in [0.2, 0.25) is 0 Å². The molecule has 8 heteroatoms. The topological polar surface area (TPSA) is 79.8 Å². The minimum Gasteiger partial charge on any atom is -0.497 e. The lowest BCUT2D eigenvalue weighted by Crippen LogP contribution is -2.57. The van der Waals surface area contributed by atoms with Gasteiger partial charge >= 0.3 is 11.7 Å². The highest BCUT2D eigenvalue weighted by molar-refractivity contribution is 5.89. The smallest absolute Gasteiger partial charge is 0.334 e. The van der Waals surface area contributed by atoms with Crippen LogP contribution in [0.25, 0.3) is 11.0 Å². The molecule has 3 atom stereocenters. The Labute approximate surface area is 199 Å². The van der Waals surface area contributed by atoms with Crippen molar-refractivity contribution < 1.29 is 14.3 Å². The van der Waals surface area contributed by atoms with Crippen molar-refractivity contribution in [3.8, 4) is 11.5 Å². The normalized spacial score (nSPS) is 22.5. The number of fused-ring (bicyclic) bond motifs is 3. The Hall–Kier alpha value is -3.26. The quantitative estimate of drug-likeness (QED) is 0.621. The predicted octanol–water partition coefficient (Wildman–Crippen LogP) is 3.83. The number of methoxy groups -OCH3 is 2. The van der Waals surface area contributed by atoms with Crippen LogP contribution in [0.15, 0.2) is 47.3 Å². The van der Waals surface area contributed by atoms with Gasteiger partial charge in [-0.2, -0.15) is 0 Å². The van der Waals surface area contributed by atoms with Crippen LogP contribution >= 0.6 is 0 Å². The van der Waals surface area contributed by atoms with Gasteiger partial charge in [0.2, 0.25) is 0 Å². The number of nitrogens with zero attached hydrogens (tertiary/aromatic N) is 3. The fraction of sp³-hybridized carbons (Fsp3) is 0.462. The summed E-state index contributed by atoms with van der Waals surface area (Å²) in [7, 11) is 5.44. The molecule has 5 rings (SSSR count). The number of aromatic nitrogens is 2. The number of nitrogens with one attached hydrogen (secondary N) is 1. The van der Waals surface area contributed by atoms with Crippen molar-refractivity contribution in [3.63, 3.8) is 0 Å². The number of H-pyrrole nitrogens is 1. The average molecular weight is 465 g/mol. The van der Waals surface area contributed by atoms with Crippen molar-refractivity contribution in [2.45, 2.75) is 56.8 Å². The van der Waals surface area contributed by atoms with Crippen LogP contribution < -0.4 is 15.2 Å². The van der Waals surface area contributed by atoms with Crippen molar-refractivity contribution in [3.05, 3.63) is 58.5 Å². The molecular formula is C26H32N4O4. The number of ether oxygens (including phenoxy) is 2. The zero-order valence-corrected chi connectivity index (χ0v) is 20.0. The maximum absolute atomic E-state index is 14.1. The maximum Gasteiger partial charge on any atom is 0.334 e. The number of piperidine rings is 2. The fourth-order valence-electron chi connectivity index (χ4n) is 5.73. The van der Waals surface area contributed by atoms with E-state index in [0.717, 1.165) is 31.2 Å². The molecule has 3 aromatic rings. The largest absolute Gasteiger partial charge is 0.497 e. The van der Waals surface area contributed by atoms with Gasteiger partial charge in [0, 0.05) is 29.8 Å². The molecule has 0 spiro atoms. The number of hydrogen-bond donors (Lipinski definition) is 1. The Morgan fingerprint density at radius 3 is 2.53 bits per heavy atom. The van der Waals surface area contributed by atoms with E-state index in [1.165, 1.54) is 11.0 Å². The van der Waals surface area contributed by atoms with Crippen molar-refractivity contribution in [1.82, 2.24) is 19.4 Å². The van der Waals surface area contributed by atoms with Gasteiger partial charge in [-0.15, -0.1) is 0 Å². The first-order chi connectivity index (χ1) is 16.5. The minimum atomic E-state index is -0.411. The molecule has 8 nitrogen and oxygen atoms in total. The second-order valence-electron chi connectivity index (χ2n) is 9.40. The first-order valence-electron chi connectivity index (χ1n) is 11.9. The number of aromatic amines is 1. The number of carbonyl (C=O) groups excluding carboxylic acids is 1. The molecule has 34 heavy (non-hydrogen) atoms. The summed E-state index contributed by atoms with van der Waals surface area (Å²) in [5, 5.41) is 0. The number of hydrogen-bond acceptors (Lipinski definition) is 5. The van der Waals surface area contributed by atoms with Crippen LogP contribution in [0.5, 0.6) is 11.5 Å². The SMILES string of the molecule is COc1ccc(CN(C(=O)n2c(=O)[nH]c3ccccc32)[C@H]2C[C@H]3CCC[C@@H](C2)N3C)c(OC)c1. The summed E-state index contributed by atoms with van der Waals surface area (Å²) >= 11 is 0. The first-order valence-corrected chi connectivity index (χ1v) is 11.9. The zero-order chi connectivity index (χ0) is 23.8. The number of benzene rings is 2. The molecule has 180 valence electrons. The second-order valence-corrected chi connectivity index (χ2v) is 9.40. The van der Waals surface area contributed by atoms with Crippen molar-refractivity contribution in [2.24, 2.45) is 0 Å². The van der Waals surface area contributed by atoms with E-state index in [2.05, 4.69) is 16.9 Å². The molecule has 0 radical (unpaired) electrons. The van der Waals surface area contributed by atoms with Crippen molar-refractivity contribution in [1.29, 1.82) is 0 Å². The summed E-state index contributed by atoms with van der Waals surface area (Å²) in [4.78, 5) is 34.1. The van der Waals surface area contributed by atoms with Crippen LogP contribution in [0.4, 0.5) is 4.79 Å². The van der Waals surface area contributed by atoms with E-state index < -0.39 is 5.69 Å². The van der Waals surface area contributed by atoms with E-state index in [9.17, 15) is 9.59 Å². The van der Waals surface area contributed by atoms with Gasteiger partial charge < -0.3 is 24.3 Å². The van der Waals surface area contributed by atoms with E-state index in [1.54, 1.807) is 20.3 Å². The first kappa shape index (κ1) is 22.5. The molecule has 2 aliphatic heterocycles. The fourth-order valence-corrected chi connectivity index (χ4v) is 5.73. The van der Waals surface area contributed by atoms with E-state index in [0.29, 0.717) is 41.2 Å². The standard InChI is InChI=1S/C26H32N4O4/c1-28-18-7-6-8-19(28)14-20(13-18)29(16-17-11-12-21(33-2)15-24(17)34-3)26(32)30-23-10-5-4-9-22(23)27-25(30)31/h4-5,9-12,15,18-20H,6-8,13-14,16H2,1-3H3,(H,27,31)/t18-,19+,20+. The third-order valence-corrected chi connectivity index (χ3v) is 7.62. The molecule has 1 amide bonds. The Bertz CT molecular complexity index is 1240. The number of rotatable bonds is 5. The Morgan fingerprint density at radius 1 is 1.09 bits per heavy atom. The Balaban J connectivity index is 1.55. The van der Waals surface area contributed by atoms with Gasteiger partial charge in [-0.3, -0.25) is 0 Å². The van der Waals surface area contributed by atoms with Gasteiger partial charge in [0.05, 0.1) is 31.8 Å². The lowest BCUT2D eigenvalue weighted by atomic mass is 9.81. The third-order valence-electron chi connectivity index (χ3n) is 7.62. The molecule has 2 aliphatic rings. The lowest BCUT2D eigenvalue weighted by molar-refractivity contribution is 0.0182. The number of amides is 1. The summed E-state index contributed by atoms with van der Waals surface area (Å²) < 4.78 is 12.3. The van der Waals surface area contributed by atoms with Gasteiger partial charge in [-0.25, -0.2) is 14.2 Å². The van der Waals surface area contributed by atoms with Crippen LogP contribution in [0.1, 0.15) is 37.7 Å². The number of carbonyl (C=O) groups is 1. The highest BCUT2D eigenvalue weighted by atomic mass is 16.5. The minimum absolute atomic E-state index is 0.0337. The monoisotopic (exact) mass is 464 g/mol. The summed E-state index contributed by atoms with van der Waals surface area (Å²) in [6, 6.07) is 13.6. The van der Waals surface area contributed by atoms with Gasteiger partial charge in [0.1, 0.15) is 11.5 Å². The van der Waals surface area contributed by atoms with E-state index in [4.69, 9.17) is 9.47 Å². The van der Waals surface area contributed by atoms with Gasteiger partial charge in [0.15, 0.2) is 0 Å². The van der Waals surface area contributed by atoms with E-state index in [-0.39, 0.29) is 12.1 Å².